The summed E-state index contributed by atoms with van der Waals surface area (Å²) in [6.07, 6.45) is 3.19. The van der Waals surface area contributed by atoms with Gasteiger partial charge in [-0.25, -0.2) is 13.1 Å². The van der Waals surface area contributed by atoms with Gasteiger partial charge in [0.2, 0.25) is 10.0 Å². The van der Waals surface area contributed by atoms with E-state index in [1.54, 1.807) is 18.5 Å². The summed E-state index contributed by atoms with van der Waals surface area (Å²) in [7, 11) is -3.55. The summed E-state index contributed by atoms with van der Waals surface area (Å²) in [5, 5.41) is 6.36. The minimum Gasteiger partial charge on any atom is -0.398 e. The number of aromatic amines is 1. The number of anilines is 1. The predicted molar refractivity (Wildman–Crippen MR) is 68.2 cm³/mol. The summed E-state index contributed by atoms with van der Waals surface area (Å²) >= 11 is 0. The first-order valence-corrected chi connectivity index (χ1v) is 6.81. The number of benzene rings is 1. The third-order valence-electron chi connectivity index (χ3n) is 2.58. The fourth-order valence-corrected chi connectivity index (χ4v) is 2.47. The van der Waals surface area contributed by atoms with Gasteiger partial charge < -0.3 is 5.73 Å². The van der Waals surface area contributed by atoms with Gasteiger partial charge >= 0.3 is 0 Å². The van der Waals surface area contributed by atoms with E-state index in [4.69, 9.17) is 5.73 Å². The number of nitrogens with two attached hydrogens (primary N) is 1. The van der Waals surface area contributed by atoms with Gasteiger partial charge in [0.15, 0.2) is 0 Å². The first kappa shape index (κ1) is 12.6. The second kappa shape index (κ2) is 4.79. The molecule has 96 valence electrons. The van der Waals surface area contributed by atoms with Gasteiger partial charge in [-0.3, -0.25) is 5.10 Å². The molecule has 0 bridgehead atoms. The molecule has 0 aliphatic heterocycles. The van der Waals surface area contributed by atoms with Crippen LogP contribution in [0.1, 0.15) is 11.1 Å². The van der Waals surface area contributed by atoms with E-state index in [0.29, 0.717) is 5.69 Å². The number of hydrogen-bond donors (Lipinski definition) is 3. The normalized spacial score (nSPS) is 11.6. The molecule has 4 N–H and O–H groups in total. The predicted octanol–water partition coefficient (Wildman–Crippen LogP) is 0.779. The molecule has 1 aromatic carbocycles. The van der Waals surface area contributed by atoms with Crippen molar-refractivity contribution in [2.24, 2.45) is 0 Å². The standard InChI is InChI=1S/C11H14N4O2S/c1-8-2-3-10(4-11(8)12)18(16,17)15-7-9-5-13-14-6-9/h2-6,15H,7,12H2,1H3,(H,13,14). The zero-order valence-corrected chi connectivity index (χ0v) is 10.7. The van der Waals surface area contributed by atoms with Gasteiger partial charge in [0.25, 0.3) is 0 Å². The lowest BCUT2D eigenvalue weighted by Gasteiger charge is -2.07. The Morgan fingerprint density at radius 2 is 2.22 bits per heavy atom. The number of nitrogens with zero attached hydrogens (tertiary/aromatic N) is 1. The first-order valence-electron chi connectivity index (χ1n) is 5.32. The molecule has 0 aliphatic rings. The Balaban J connectivity index is 2.17. The van der Waals surface area contributed by atoms with Crippen LogP contribution in [0.4, 0.5) is 5.69 Å². The van der Waals surface area contributed by atoms with Gasteiger partial charge in [0.1, 0.15) is 0 Å². The van der Waals surface area contributed by atoms with Crippen LogP contribution in [0.5, 0.6) is 0 Å². The van der Waals surface area contributed by atoms with Crippen molar-refractivity contribution < 1.29 is 8.42 Å². The molecule has 7 heteroatoms. The second-order valence-electron chi connectivity index (χ2n) is 3.95. The summed E-state index contributed by atoms with van der Waals surface area (Å²) in [4.78, 5) is 0.161. The topological polar surface area (TPSA) is 101 Å². The maximum absolute atomic E-state index is 12.0. The van der Waals surface area contributed by atoms with E-state index in [0.717, 1.165) is 11.1 Å². The Labute approximate surface area is 105 Å². The van der Waals surface area contributed by atoms with E-state index in [2.05, 4.69) is 14.9 Å². The molecule has 18 heavy (non-hydrogen) atoms. The third kappa shape index (κ3) is 2.69. The van der Waals surface area contributed by atoms with Crippen molar-refractivity contribution in [3.8, 4) is 0 Å². The van der Waals surface area contributed by atoms with Crippen LogP contribution in [0.2, 0.25) is 0 Å². The highest BCUT2D eigenvalue weighted by Gasteiger charge is 2.14. The molecule has 2 aromatic rings. The summed E-state index contributed by atoms with van der Waals surface area (Å²) in [6.45, 7) is 2.01. The van der Waals surface area contributed by atoms with Crippen LogP contribution in [-0.4, -0.2) is 18.6 Å². The van der Waals surface area contributed by atoms with Crippen molar-refractivity contribution in [2.75, 3.05) is 5.73 Å². The fourth-order valence-electron chi connectivity index (χ4n) is 1.42. The average molecular weight is 266 g/mol. The van der Waals surface area contributed by atoms with Gasteiger partial charge in [-0.2, -0.15) is 5.10 Å². The molecule has 1 heterocycles. The first-order chi connectivity index (χ1) is 8.49. The van der Waals surface area contributed by atoms with Crippen molar-refractivity contribution in [3.05, 3.63) is 41.7 Å². The Bertz CT molecular complexity index is 635. The smallest absolute Gasteiger partial charge is 0.240 e. The maximum atomic E-state index is 12.0. The van der Waals surface area contributed by atoms with Gasteiger partial charge in [-0.15, -0.1) is 0 Å². The van der Waals surface area contributed by atoms with Crippen molar-refractivity contribution in [1.82, 2.24) is 14.9 Å². The molecule has 0 radical (unpaired) electrons. The number of nitrogen functional groups attached to an aromatic ring is 1. The zero-order chi connectivity index (χ0) is 13.2. The van der Waals surface area contributed by atoms with Crippen molar-refractivity contribution in [1.29, 1.82) is 0 Å². The number of sulfonamides is 1. The maximum Gasteiger partial charge on any atom is 0.240 e. The monoisotopic (exact) mass is 266 g/mol. The molecule has 1 aromatic heterocycles. The molecule has 0 atom stereocenters. The molecule has 0 fully saturated rings. The molecule has 0 saturated heterocycles. The number of aromatic nitrogens is 2. The highest BCUT2D eigenvalue weighted by Crippen LogP contribution is 2.17. The van der Waals surface area contributed by atoms with E-state index in [9.17, 15) is 8.42 Å². The molecule has 0 saturated carbocycles. The Kier molecular flexibility index (Phi) is 3.35. The summed E-state index contributed by atoms with van der Waals surface area (Å²) in [6, 6.07) is 4.66. The lowest BCUT2D eigenvalue weighted by Crippen LogP contribution is -2.23. The van der Waals surface area contributed by atoms with Gasteiger partial charge in [-0.1, -0.05) is 6.07 Å². The summed E-state index contributed by atoms with van der Waals surface area (Å²) < 4.78 is 26.5. The molecule has 0 unspecified atom stereocenters. The summed E-state index contributed by atoms with van der Waals surface area (Å²) in [5.74, 6) is 0. The number of rotatable bonds is 4. The highest BCUT2D eigenvalue weighted by molar-refractivity contribution is 7.89. The van der Waals surface area contributed by atoms with Gasteiger partial charge in [0.05, 0.1) is 11.1 Å². The molecular weight excluding hydrogens is 252 g/mol. The van der Waals surface area contributed by atoms with Gasteiger partial charge in [-0.05, 0) is 24.6 Å². The van der Waals surface area contributed by atoms with E-state index >= 15 is 0 Å². The van der Waals surface area contributed by atoms with Gasteiger partial charge in [0, 0.05) is 24.0 Å². The average Bonchev–Trinajstić information content (AvgIpc) is 2.83. The van der Waals surface area contributed by atoms with E-state index in [-0.39, 0.29) is 11.4 Å². The molecular formula is C11H14N4O2S. The number of H-pyrrole nitrogens is 1. The molecule has 0 amide bonds. The van der Waals surface area contributed by atoms with Crippen LogP contribution in [0, 0.1) is 6.92 Å². The summed E-state index contributed by atoms with van der Waals surface area (Å²) in [5.41, 5.74) is 7.77. The van der Waals surface area contributed by atoms with E-state index in [1.807, 2.05) is 6.92 Å². The number of nitrogens with one attached hydrogen (secondary N) is 2. The minimum absolute atomic E-state index is 0.161. The minimum atomic E-state index is -3.55. The number of aryl methyl sites for hydroxylation is 1. The Morgan fingerprint density at radius 3 is 2.83 bits per heavy atom. The fraction of sp³-hybridized carbons (Fsp3) is 0.182. The number of hydrogen-bond acceptors (Lipinski definition) is 4. The van der Waals surface area contributed by atoms with Crippen molar-refractivity contribution >= 4 is 15.7 Å². The van der Waals surface area contributed by atoms with E-state index in [1.165, 1.54) is 12.1 Å². The largest absolute Gasteiger partial charge is 0.398 e. The molecule has 0 aliphatic carbocycles. The van der Waals surface area contributed by atoms with E-state index < -0.39 is 10.0 Å². The molecule has 6 nitrogen and oxygen atoms in total. The quantitative estimate of drug-likeness (QED) is 0.712. The van der Waals surface area contributed by atoms with Crippen molar-refractivity contribution in [2.45, 2.75) is 18.4 Å². The van der Waals surface area contributed by atoms with Crippen LogP contribution in [0.15, 0.2) is 35.5 Å². The molecule has 2 rings (SSSR count). The lowest BCUT2D eigenvalue weighted by atomic mass is 10.2. The second-order valence-corrected chi connectivity index (χ2v) is 5.72. The van der Waals surface area contributed by atoms with Crippen molar-refractivity contribution in [3.63, 3.8) is 0 Å². The zero-order valence-electron chi connectivity index (χ0n) is 9.84. The Hall–Kier alpha value is -1.86. The third-order valence-corrected chi connectivity index (χ3v) is 3.98. The highest BCUT2D eigenvalue weighted by atomic mass is 32.2. The van der Waals surface area contributed by atoms with Crippen LogP contribution < -0.4 is 10.5 Å². The Morgan fingerprint density at radius 1 is 1.44 bits per heavy atom. The van der Waals surface area contributed by atoms with Crippen LogP contribution in [0.3, 0.4) is 0 Å². The van der Waals surface area contributed by atoms with Crippen LogP contribution in [-0.2, 0) is 16.6 Å². The SMILES string of the molecule is Cc1ccc(S(=O)(=O)NCc2cn[nH]c2)cc1N. The van der Waals surface area contributed by atoms with Crippen LogP contribution in [0.25, 0.3) is 0 Å². The van der Waals surface area contributed by atoms with Crippen LogP contribution >= 0.6 is 0 Å². The lowest BCUT2D eigenvalue weighted by molar-refractivity contribution is 0.581. The molecule has 0 spiro atoms.